The average molecular weight is 363 g/mol. The molecule has 140 valence electrons. The van der Waals surface area contributed by atoms with Gasteiger partial charge in [0.1, 0.15) is 11.6 Å². The van der Waals surface area contributed by atoms with Crippen LogP contribution in [0, 0.1) is 0 Å². The van der Waals surface area contributed by atoms with Gasteiger partial charge in [0.15, 0.2) is 0 Å². The molecule has 0 atom stereocenters. The summed E-state index contributed by atoms with van der Waals surface area (Å²) in [4.78, 5) is 18.6. The number of aromatic nitrogens is 3. The first-order valence-electron chi connectivity index (χ1n) is 9.41. The summed E-state index contributed by atoms with van der Waals surface area (Å²) in [7, 11) is 1.68. The van der Waals surface area contributed by atoms with Gasteiger partial charge in [-0.3, -0.25) is 0 Å². The smallest absolute Gasteiger partial charge is 0.225 e. The number of methoxy groups -OCH3 is 1. The van der Waals surface area contributed by atoms with Crippen LogP contribution in [0.15, 0.2) is 42.6 Å². The Balaban J connectivity index is 1.47. The zero-order valence-electron chi connectivity index (χ0n) is 16.1. The quantitative estimate of drug-likeness (QED) is 0.707. The van der Waals surface area contributed by atoms with Crippen LogP contribution >= 0.6 is 0 Å². The summed E-state index contributed by atoms with van der Waals surface area (Å²) in [6, 6.07) is 12.2. The lowest BCUT2D eigenvalue weighted by molar-refractivity contribution is 0.415. The average Bonchev–Trinajstić information content (AvgIpc) is 2.73. The minimum atomic E-state index is 0.411. The van der Waals surface area contributed by atoms with Crippen molar-refractivity contribution in [2.75, 3.05) is 43.1 Å². The summed E-state index contributed by atoms with van der Waals surface area (Å²) in [5.41, 5.74) is 2.08. The Bertz CT molecular complexity index is 935. The van der Waals surface area contributed by atoms with E-state index in [-0.39, 0.29) is 0 Å². The van der Waals surface area contributed by atoms with Crippen molar-refractivity contribution in [3.05, 3.63) is 48.3 Å². The van der Waals surface area contributed by atoms with Crippen LogP contribution in [0.3, 0.4) is 0 Å². The highest BCUT2D eigenvalue weighted by Gasteiger charge is 2.20. The normalized spacial score (nSPS) is 14.8. The molecule has 0 unspecified atom stereocenters. The van der Waals surface area contributed by atoms with Crippen LogP contribution in [0.5, 0.6) is 5.75 Å². The topological polar surface area (TPSA) is 54.4 Å². The van der Waals surface area contributed by atoms with Crippen LogP contribution < -0.4 is 14.5 Å². The minimum Gasteiger partial charge on any atom is -0.497 e. The zero-order chi connectivity index (χ0) is 18.8. The van der Waals surface area contributed by atoms with Gasteiger partial charge in [0.2, 0.25) is 5.95 Å². The maximum absolute atomic E-state index is 5.29. The highest BCUT2D eigenvalue weighted by Crippen LogP contribution is 2.24. The van der Waals surface area contributed by atoms with Gasteiger partial charge in [0.25, 0.3) is 0 Å². The molecule has 0 radical (unpaired) electrons. The molecule has 6 heteroatoms. The third-order valence-electron chi connectivity index (χ3n) is 5.02. The van der Waals surface area contributed by atoms with Gasteiger partial charge in [-0.1, -0.05) is 13.8 Å². The van der Waals surface area contributed by atoms with Gasteiger partial charge >= 0.3 is 0 Å². The van der Waals surface area contributed by atoms with Gasteiger partial charge in [-0.25, -0.2) is 15.0 Å². The first-order chi connectivity index (χ1) is 13.1. The van der Waals surface area contributed by atoms with Crippen molar-refractivity contribution in [1.29, 1.82) is 0 Å². The van der Waals surface area contributed by atoms with Crippen molar-refractivity contribution >= 4 is 22.7 Å². The molecule has 1 aliphatic heterocycles. The van der Waals surface area contributed by atoms with Crippen molar-refractivity contribution in [3.63, 3.8) is 0 Å². The number of hydrogen-bond donors (Lipinski definition) is 0. The maximum Gasteiger partial charge on any atom is 0.225 e. The summed E-state index contributed by atoms with van der Waals surface area (Å²) in [5.74, 6) is 3.12. The summed E-state index contributed by atoms with van der Waals surface area (Å²) in [6.07, 6.45) is 1.86. The molecule has 1 saturated heterocycles. The molecule has 0 spiro atoms. The van der Waals surface area contributed by atoms with Crippen molar-refractivity contribution in [1.82, 2.24) is 15.0 Å². The van der Waals surface area contributed by atoms with Gasteiger partial charge in [0, 0.05) is 43.5 Å². The predicted molar refractivity (Wildman–Crippen MR) is 109 cm³/mol. The Morgan fingerprint density at radius 2 is 1.70 bits per heavy atom. The molecule has 4 rings (SSSR count). The van der Waals surface area contributed by atoms with E-state index in [0.29, 0.717) is 5.92 Å². The van der Waals surface area contributed by atoms with E-state index in [1.54, 1.807) is 7.11 Å². The lowest BCUT2D eigenvalue weighted by Crippen LogP contribution is -2.47. The maximum atomic E-state index is 5.29. The van der Waals surface area contributed by atoms with Crippen LogP contribution in [0.4, 0.5) is 11.8 Å². The summed E-state index contributed by atoms with van der Waals surface area (Å²) < 4.78 is 5.29. The Kier molecular flexibility index (Phi) is 4.79. The molecule has 1 aromatic carbocycles. The molecule has 27 heavy (non-hydrogen) atoms. The van der Waals surface area contributed by atoms with E-state index in [1.165, 1.54) is 0 Å². The zero-order valence-corrected chi connectivity index (χ0v) is 16.1. The number of piperazine rings is 1. The highest BCUT2D eigenvalue weighted by molar-refractivity contribution is 5.81. The summed E-state index contributed by atoms with van der Waals surface area (Å²) in [5, 5.41) is 1.09. The van der Waals surface area contributed by atoms with Crippen LogP contribution in [0.1, 0.15) is 25.5 Å². The molecule has 6 nitrogen and oxygen atoms in total. The Morgan fingerprint density at radius 1 is 0.926 bits per heavy atom. The Labute approximate surface area is 159 Å². The van der Waals surface area contributed by atoms with Crippen LogP contribution in [-0.4, -0.2) is 48.2 Å². The van der Waals surface area contributed by atoms with E-state index >= 15 is 0 Å². The first-order valence-corrected chi connectivity index (χ1v) is 9.41. The van der Waals surface area contributed by atoms with Crippen LogP contribution in [-0.2, 0) is 0 Å². The van der Waals surface area contributed by atoms with E-state index in [1.807, 2.05) is 30.5 Å². The molecular formula is C21H25N5O. The molecule has 0 N–H and O–H groups in total. The van der Waals surface area contributed by atoms with Crippen LogP contribution in [0.25, 0.3) is 10.9 Å². The molecule has 0 amide bonds. The highest BCUT2D eigenvalue weighted by atomic mass is 16.5. The number of nitrogens with zero attached hydrogens (tertiary/aromatic N) is 5. The SMILES string of the molecule is COc1ccc2nc(N3CCN(c4nccc(C(C)C)n4)CC3)ccc2c1. The number of anilines is 2. The van der Waals surface area contributed by atoms with Gasteiger partial charge in [-0.2, -0.15) is 0 Å². The van der Waals surface area contributed by atoms with Crippen LogP contribution in [0.2, 0.25) is 0 Å². The fraction of sp³-hybridized carbons (Fsp3) is 0.381. The fourth-order valence-electron chi connectivity index (χ4n) is 3.37. The molecule has 3 heterocycles. The second kappa shape index (κ2) is 7.39. The van der Waals surface area contributed by atoms with Crippen molar-refractivity contribution in [2.45, 2.75) is 19.8 Å². The molecule has 0 aliphatic carbocycles. The number of fused-ring (bicyclic) bond motifs is 1. The lowest BCUT2D eigenvalue weighted by atomic mass is 10.1. The molecule has 3 aromatic rings. The second-order valence-electron chi connectivity index (χ2n) is 7.14. The van der Waals surface area contributed by atoms with Gasteiger partial charge in [-0.05, 0) is 42.3 Å². The second-order valence-corrected chi connectivity index (χ2v) is 7.14. The molecule has 1 aliphatic rings. The van der Waals surface area contributed by atoms with Gasteiger partial charge < -0.3 is 14.5 Å². The summed E-state index contributed by atoms with van der Waals surface area (Å²) >= 11 is 0. The third kappa shape index (κ3) is 3.65. The lowest BCUT2D eigenvalue weighted by Gasteiger charge is -2.35. The number of benzene rings is 1. The van der Waals surface area contributed by atoms with E-state index in [2.05, 4.69) is 40.8 Å². The number of ether oxygens (including phenoxy) is 1. The Hall–Kier alpha value is -2.89. The largest absolute Gasteiger partial charge is 0.497 e. The van der Waals surface area contributed by atoms with Crippen molar-refractivity contribution in [2.24, 2.45) is 0 Å². The van der Waals surface area contributed by atoms with Crippen molar-refractivity contribution < 1.29 is 4.74 Å². The summed E-state index contributed by atoms with van der Waals surface area (Å²) in [6.45, 7) is 7.91. The standard InChI is InChI=1S/C21H25N5O/c1-15(2)18-8-9-22-21(24-18)26-12-10-25(11-13-26)20-7-4-16-14-17(27-3)5-6-19(16)23-20/h4-9,14-15H,10-13H2,1-3H3. The minimum absolute atomic E-state index is 0.411. The molecule has 1 fully saturated rings. The predicted octanol–water partition coefficient (Wildman–Crippen LogP) is 3.48. The monoisotopic (exact) mass is 363 g/mol. The van der Waals surface area contributed by atoms with Gasteiger partial charge in [-0.15, -0.1) is 0 Å². The molecule has 2 aromatic heterocycles. The molecule has 0 saturated carbocycles. The van der Waals surface area contributed by atoms with E-state index in [9.17, 15) is 0 Å². The molecular weight excluding hydrogens is 338 g/mol. The number of rotatable bonds is 4. The first kappa shape index (κ1) is 17.5. The Morgan fingerprint density at radius 3 is 2.44 bits per heavy atom. The fourth-order valence-corrected chi connectivity index (χ4v) is 3.37. The third-order valence-corrected chi connectivity index (χ3v) is 5.02. The van der Waals surface area contributed by atoms with E-state index < -0.39 is 0 Å². The van der Waals surface area contributed by atoms with Crippen molar-refractivity contribution in [3.8, 4) is 5.75 Å². The molecule has 0 bridgehead atoms. The van der Waals surface area contributed by atoms with E-state index in [0.717, 1.165) is 60.3 Å². The number of hydrogen-bond acceptors (Lipinski definition) is 6. The number of pyridine rings is 1. The van der Waals surface area contributed by atoms with E-state index in [4.69, 9.17) is 14.7 Å². The van der Waals surface area contributed by atoms with Gasteiger partial charge in [0.05, 0.1) is 12.6 Å².